The van der Waals surface area contributed by atoms with E-state index in [1.165, 1.54) is 6.92 Å². The SMILES string of the molecule is CCC(C(=O)O)S(C)(=O)=O.[Li+].[OH-]. The number of rotatable bonds is 3. The third-order valence-electron chi connectivity index (χ3n) is 1.16. The number of aliphatic carboxylic acids is 1. The molecule has 0 saturated heterocycles. The molecular weight excluding hydrogens is 179 g/mol. The topological polar surface area (TPSA) is 101 Å². The largest absolute Gasteiger partial charge is 1.00 e. The van der Waals surface area contributed by atoms with Crippen LogP contribution in [-0.2, 0) is 14.6 Å². The van der Waals surface area contributed by atoms with Crippen LogP contribution in [0.4, 0.5) is 0 Å². The monoisotopic (exact) mass is 190 g/mol. The van der Waals surface area contributed by atoms with Crippen LogP contribution in [0.5, 0.6) is 0 Å². The van der Waals surface area contributed by atoms with Crippen molar-refractivity contribution < 1.29 is 42.7 Å². The summed E-state index contributed by atoms with van der Waals surface area (Å²) in [6.07, 6.45) is 1.05. The van der Waals surface area contributed by atoms with Gasteiger partial charge in [0.15, 0.2) is 15.1 Å². The maximum absolute atomic E-state index is 10.6. The molecule has 0 saturated carbocycles. The second-order valence-electron chi connectivity index (χ2n) is 2.06. The predicted octanol–water partition coefficient (Wildman–Crippen LogP) is -3.28. The summed E-state index contributed by atoms with van der Waals surface area (Å²) in [6, 6.07) is 0. The fourth-order valence-corrected chi connectivity index (χ4v) is 1.63. The molecule has 0 aromatic heterocycles. The van der Waals surface area contributed by atoms with Gasteiger partial charge in [0.25, 0.3) is 0 Å². The van der Waals surface area contributed by atoms with Gasteiger partial charge in [0.2, 0.25) is 0 Å². The van der Waals surface area contributed by atoms with Gasteiger partial charge in [-0.25, -0.2) is 8.42 Å². The van der Waals surface area contributed by atoms with E-state index < -0.39 is 21.1 Å². The van der Waals surface area contributed by atoms with E-state index in [4.69, 9.17) is 5.11 Å². The van der Waals surface area contributed by atoms with Crippen LogP contribution in [0.3, 0.4) is 0 Å². The molecule has 0 aromatic carbocycles. The van der Waals surface area contributed by atoms with Crippen LogP contribution in [0, 0.1) is 0 Å². The summed E-state index contributed by atoms with van der Waals surface area (Å²) in [5.74, 6) is -1.27. The summed E-state index contributed by atoms with van der Waals surface area (Å²) in [7, 11) is -3.41. The molecule has 0 bridgehead atoms. The molecule has 2 N–H and O–H groups in total. The zero-order valence-electron chi connectivity index (χ0n) is 7.31. The Morgan fingerprint density at radius 1 is 1.50 bits per heavy atom. The van der Waals surface area contributed by atoms with E-state index in [9.17, 15) is 13.2 Å². The summed E-state index contributed by atoms with van der Waals surface area (Å²) in [4.78, 5) is 10.2. The molecule has 0 aliphatic carbocycles. The van der Waals surface area contributed by atoms with Crippen molar-refractivity contribution in [2.45, 2.75) is 18.6 Å². The first-order chi connectivity index (χ1) is 4.39. The Hall–Kier alpha value is -0.0226. The van der Waals surface area contributed by atoms with Gasteiger partial charge in [-0.1, -0.05) is 6.92 Å². The molecule has 12 heavy (non-hydrogen) atoms. The number of hydrogen-bond acceptors (Lipinski definition) is 4. The molecule has 1 unspecified atom stereocenters. The number of sulfone groups is 1. The summed E-state index contributed by atoms with van der Waals surface area (Å²) >= 11 is 0. The molecule has 0 heterocycles. The van der Waals surface area contributed by atoms with Gasteiger partial charge < -0.3 is 10.6 Å². The van der Waals surface area contributed by atoms with E-state index in [-0.39, 0.29) is 30.8 Å². The van der Waals surface area contributed by atoms with Crippen molar-refractivity contribution in [2.75, 3.05) is 6.26 Å². The Bertz CT molecular complexity index is 222. The summed E-state index contributed by atoms with van der Waals surface area (Å²) in [6.45, 7) is 1.53. The van der Waals surface area contributed by atoms with Crippen LogP contribution >= 0.6 is 0 Å². The van der Waals surface area contributed by atoms with Crippen molar-refractivity contribution >= 4 is 15.8 Å². The van der Waals surface area contributed by atoms with Crippen molar-refractivity contribution in [3.8, 4) is 0 Å². The Kier molecular flexibility index (Phi) is 9.68. The first-order valence-corrected chi connectivity index (χ1v) is 4.76. The smallest absolute Gasteiger partial charge is 0.870 e. The predicted molar refractivity (Wildman–Crippen MR) is 38.5 cm³/mol. The van der Waals surface area contributed by atoms with Gasteiger partial charge in [0, 0.05) is 6.26 Å². The Labute approximate surface area is 83.6 Å². The van der Waals surface area contributed by atoms with Gasteiger partial charge in [-0.3, -0.25) is 4.79 Å². The van der Waals surface area contributed by atoms with Crippen LogP contribution in [0.1, 0.15) is 13.3 Å². The quantitative estimate of drug-likeness (QED) is 0.470. The normalized spacial score (nSPS) is 12.2. The number of carbonyl (C=O) groups is 1. The maximum Gasteiger partial charge on any atom is 1.00 e. The summed E-state index contributed by atoms with van der Waals surface area (Å²) in [5, 5.41) is 7.09. The van der Waals surface area contributed by atoms with Gasteiger partial charge >= 0.3 is 24.8 Å². The van der Waals surface area contributed by atoms with E-state index in [0.717, 1.165) is 6.26 Å². The molecule has 5 nitrogen and oxygen atoms in total. The first kappa shape index (κ1) is 17.9. The third-order valence-corrected chi connectivity index (χ3v) is 2.73. The molecule has 0 aliphatic heterocycles. The molecule has 68 valence electrons. The molecule has 0 aliphatic rings. The van der Waals surface area contributed by atoms with Gasteiger partial charge in [-0.2, -0.15) is 0 Å². The van der Waals surface area contributed by atoms with Gasteiger partial charge in [-0.05, 0) is 6.42 Å². The maximum atomic E-state index is 10.6. The fraction of sp³-hybridized carbons (Fsp3) is 0.800. The molecule has 0 amide bonds. The Morgan fingerprint density at radius 2 is 1.83 bits per heavy atom. The number of carboxylic acid groups (broad SMARTS) is 1. The first-order valence-electron chi connectivity index (χ1n) is 2.81. The molecule has 0 fully saturated rings. The molecular formula is C5H11LiO5S. The van der Waals surface area contributed by atoms with Crippen LogP contribution in [0.15, 0.2) is 0 Å². The van der Waals surface area contributed by atoms with Crippen molar-refractivity contribution in [3.05, 3.63) is 0 Å². The Morgan fingerprint density at radius 3 is 1.83 bits per heavy atom. The van der Waals surface area contributed by atoms with Crippen LogP contribution < -0.4 is 18.9 Å². The van der Waals surface area contributed by atoms with E-state index in [1.54, 1.807) is 0 Å². The molecule has 0 aromatic rings. The average Bonchev–Trinajstić information content (AvgIpc) is 1.60. The van der Waals surface area contributed by atoms with Crippen molar-refractivity contribution in [3.63, 3.8) is 0 Å². The minimum absolute atomic E-state index is 0. The van der Waals surface area contributed by atoms with Gasteiger partial charge in [-0.15, -0.1) is 0 Å². The van der Waals surface area contributed by atoms with E-state index in [0.29, 0.717) is 0 Å². The van der Waals surface area contributed by atoms with Crippen LogP contribution in [0.2, 0.25) is 0 Å². The molecule has 1 atom stereocenters. The van der Waals surface area contributed by atoms with E-state index in [1.807, 2.05) is 0 Å². The summed E-state index contributed by atoms with van der Waals surface area (Å²) in [5.41, 5.74) is 0. The molecule has 7 heteroatoms. The molecule has 0 spiro atoms. The minimum atomic E-state index is -3.41. The van der Waals surface area contributed by atoms with Crippen LogP contribution in [0.25, 0.3) is 0 Å². The zero-order valence-corrected chi connectivity index (χ0v) is 8.13. The molecule has 0 radical (unpaired) electrons. The van der Waals surface area contributed by atoms with Crippen molar-refractivity contribution in [2.24, 2.45) is 0 Å². The Balaban J connectivity index is -0.000000405. The van der Waals surface area contributed by atoms with Crippen molar-refractivity contribution in [1.82, 2.24) is 0 Å². The van der Waals surface area contributed by atoms with Gasteiger partial charge in [0.1, 0.15) is 0 Å². The standard InChI is InChI=1S/C5H10O4S.Li.H2O/c1-3-4(5(6)7)10(2,8)9;;/h4H,3H2,1-2H3,(H,6,7);;1H2/q;+1;/p-1. The number of carboxylic acids is 1. The van der Waals surface area contributed by atoms with E-state index >= 15 is 0 Å². The zero-order chi connectivity index (χ0) is 8.36. The van der Waals surface area contributed by atoms with Crippen molar-refractivity contribution in [1.29, 1.82) is 0 Å². The third kappa shape index (κ3) is 5.61. The van der Waals surface area contributed by atoms with Crippen LogP contribution in [-0.4, -0.2) is 36.5 Å². The second-order valence-corrected chi connectivity index (χ2v) is 4.29. The molecule has 0 rings (SSSR count). The fourth-order valence-electron chi connectivity index (χ4n) is 0.661. The number of hydrogen-bond donors (Lipinski definition) is 1. The minimum Gasteiger partial charge on any atom is -0.870 e. The summed E-state index contributed by atoms with van der Waals surface area (Å²) < 4.78 is 21.2. The average molecular weight is 190 g/mol. The second kappa shape index (κ2) is 6.49. The van der Waals surface area contributed by atoms with Gasteiger partial charge in [0.05, 0.1) is 0 Å². The van der Waals surface area contributed by atoms with E-state index in [2.05, 4.69) is 0 Å².